The molecule has 0 bridgehead atoms. The van der Waals surface area contributed by atoms with E-state index in [-0.39, 0.29) is 0 Å². The minimum Gasteiger partial charge on any atom is -0.378 e. The molecule has 0 saturated carbocycles. The Kier molecular flexibility index (Phi) is 5.38. The Morgan fingerprint density at radius 3 is 2.58 bits per heavy atom. The second-order valence-electron chi connectivity index (χ2n) is 5.83. The van der Waals surface area contributed by atoms with Crippen LogP contribution in [-0.2, 0) is 10.5 Å². The van der Waals surface area contributed by atoms with Crippen molar-refractivity contribution >= 4 is 29.3 Å². The first kappa shape index (κ1) is 17.3. The van der Waals surface area contributed by atoms with Crippen LogP contribution in [0.25, 0.3) is 5.69 Å². The number of rotatable bonds is 5. The summed E-state index contributed by atoms with van der Waals surface area (Å²) in [5, 5.41) is 10.3. The van der Waals surface area contributed by atoms with Crippen LogP contribution in [0.3, 0.4) is 0 Å². The first-order valence-corrected chi connectivity index (χ1v) is 9.74. The molecule has 3 aromatic rings. The summed E-state index contributed by atoms with van der Waals surface area (Å²) in [6, 6.07) is 14.0. The molecule has 4 rings (SSSR count). The van der Waals surface area contributed by atoms with E-state index in [1.807, 2.05) is 24.3 Å². The Bertz CT molecular complexity index is 850. The van der Waals surface area contributed by atoms with Crippen LogP contribution < -0.4 is 4.90 Å². The second kappa shape index (κ2) is 8.07. The van der Waals surface area contributed by atoms with Crippen LogP contribution in [-0.4, -0.2) is 46.1 Å². The van der Waals surface area contributed by atoms with Crippen molar-refractivity contribution in [3.8, 4) is 5.69 Å². The van der Waals surface area contributed by atoms with Gasteiger partial charge in [-0.2, -0.15) is 0 Å². The topological polar surface area (TPSA) is 56.1 Å². The van der Waals surface area contributed by atoms with Crippen molar-refractivity contribution in [1.29, 1.82) is 0 Å². The number of para-hydroxylation sites is 1. The number of pyridine rings is 1. The molecular weight excluding hydrogens is 370 g/mol. The maximum Gasteiger partial charge on any atom is 0.232 e. The van der Waals surface area contributed by atoms with Gasteiger partial charge >= 0.3 is 0 Å². The number of morpholine rings is 1. The highest BCUT2D eigenvalue weighted by Gasteiger charge is 2.21. The Hall–Kier alpha value is -2.09. The van der Waals surface area contributed by atoms with E-state index in [9.17, 15) is 0 Å². The van der Waals surface area contributed by atoms with Gasteiger partial charge < -0.3 is 9.64 Å². The van der Waals surface area contributed by atoms with Crippen molar-refractivity contribution < 1.29 is 4.74 Å². The molecule has 2 aromatic heterocycles. The van der Waals surface area contributed by atoms with Crippen LogP contribution in [0.15, 0.2) is 53.8 Å². The van der Waals surface area contributed by atoms with Gasteiger partial charge in [0, 0.05) is 25.0 Å². The van der Waals surface area contributed by atoms with E-state index in [4.69, 9.17) is 16.3 Å². The molecule has 6 nitrogen and oxygen atoms in total. The third-order valence-electron chi connectivity index (χ3n) is 4.08. The minimum atomic E-state index is 0.501. The standard InChI is InChI=1S/C18H18ClN5OS/c19-16-7-6-14(12-20-16)13-26-18-22-21-17(23-8-10-25-11-9-23)24(18)15-4-2-1-3-5-15/h1-7,12H,8-11,13H2. The van der Waals surface area contributed by atoms with E-state index < -0.39 is 0 Å². The van der Waals surface area contributed by atoms with Crippen LogP contribution in [0.1, 0.15) is 5.56 Å². The molecule has 3 heterocycles. The van der Waals surface area contributed by atoms with E-state index >= 15 is 0 Å². The zero-order valence-electron chi connectivity index (χ0n) is 14.1. The lowest BCUT2D eigenvalue weighted by Crippen LogP contribution is -2.37. The summed E-state index contributed by atoms with van der Waals surface area (Å²) in [6.07, 6.45) is 1.79. The second-order valence-corrected chi connectivity index (χ2v) is 7.16. The maximum atomic E-state index is 5.86. The zero-order valence-corrected chi connectivity index (χ0v) is 15.7. The summed E-state index contributed by atoms with van der Waals surface area (Å²) in [7, 11) is 0. The molecule has 1 aliphatic heterocycles. The van der Waals surface area contributed by atoms with Gasteiger partial charge in [0.1, 0.15) is 5.15 Å². The number of benzene rings is 1. The zero-order chi connectivity index (χ0) is 17.8. The maximum absolute atomic E-state index is 5.86. The van der Waals surface area contributed by atoms with Gasteiger partial charge in [-0.05, 0) is 23.8 Å². The molecule has 134 valence electrons. The fraction of sp³-hybridized carbons (Fsp3) is 0.278. The summed E-state index contributed by atoms with van der Waals surface area (Å²) in [4.78, 5) is 6.36. The van der Waals surface area contributed by atoms with Gasteiger partial charge in [-0.25, -0.2) is 4.98 Å². The lowest BCUT2D eigenvalue weighted by molar-refractivity contribution is 0.122. The molecule has 1 fully saturated rings. The number of hydrogen-bond donors (Lipinski definition) is 0. The van der Waals surface area contributed by atoms with Crippen molar-refractivity contribution in [1.82, 2.24) is 19.7 Å². The molecular formula is C18H18ClN5OS. The summed E-state index contributed by atoms with van der Waals surface area (Å²) in [5.74, 6) is 1.61. The molecule has 0 N–H and O–H groups in total. The Morgan fingerprint density at radius 2 is 1.85 bits per heavy atom. The number of anilines is 1. The fourth-order valence-electron chi connectivity index (χ4n) is 2.77. The smallest absolute Gasteiger partial charge is 0.232 e. The number of aromatic nitrogens is 4. The van der Waals surface area contributed by atoms with Crippen molar-refractivity contribution in [2.24, 2.45) is 0 Å². The molecule has 0 aliphatic carbocycles. The highest BCUT2D eigenvalue weighted by Crippen LogP contribution is 2.29. The lowest BCUT2D eigenvalue weighted by atomic mass is 10.3. The lowest BCUT2D eigenvalue weighted by Gasteiger charge is -2.27. The Labute approximate surface area is 161 Å². The molecule has 0 spiro atoms. The van der Waals surface area contributed by atoms with Gasteiger partial charge in [-0.15, -0.1) is 10.2 Å². The van der Waals surface area contributed by atoms with Crippen LogP contribution in [0, 0.1) is 0 Å². The van der Waals surface area contributed by atoms with Crippen molar-refractivity contribution in [2.45, 2.75) is 10.9 Å². The number of thioether (sulfide) groups is 1. The van der Waals surface area contributed by atoms with E-state index in [2.05, 4.69) is 36.8 Å². The molecule has 26 heavy (non-hydrogen) atoms. The number of nitrogens with zero attached hydrogens (tertiary/aromatic N) is 5. The minimum absolute atomic E-state index is 0.501. The average molecular weight is 388 g/mol. The molecule has 0 radical (unpaired) electrons. The SMILES string of the molecule is Clc1ccc(CSc2nnc(N3CCOCC3)n2-c2ccccc2)cn1. The predicted molar refractivity (Wildman–Crippen MR) is 103 cm³/mol. The van der Waals surface area contributed by atoms with Crippen molar-refractivity contribution in [3.63, 3.8) is 0 Å². The summed E-state index contributed by atoms with van der Waals surface area (Å²) in [6.45, 7) is 3.05. The average Bonchev–Trinajstić information content (AvgIpc) is 3.13. The van der Waals surface area contributed by atoms with Gasteiger partial charge in [0.05, 0.1) is 18.9 Å². The molecule has 1 saturated heterocycles. The number of hydrogen-bond acceptors (Lipinski definition) is 6. The number of ether oxygens (including phenoxy) is 1. The largest absolute Gasteiger partial charge is 0.378 e. The first-order valence-electron chi connectivity index (χ1n) is 8.38. The van der Waals surface area contributed by atoms with Crippen molar-refractivity contribution in [2.75, 3.05) is 31.2 Å². The summed E-state index contributed by atoms with van der Waals surface area (Å²) in [5.41, 5.74) is 2.14. The summed E-state index contributed by atoms with van der Waals surface area (Å²) >= 11 is 7.50. The molecule has 1 aromatic carbocycles. The van der Waals surface area contributed by atoms with E-state index in [1.165, 1.54) is 0 Å². The molecule has 0 unspecified atom stereocenters. The van der Waals surface area contributed by atoms with Crippen LogP contribution in [0.4, 0.5) is 5.95 Å². The third kappa shape index (κ3) is 3.85. The van der Waals surface area contributed by atoms with Crippen LogP contribution in [0.5, 0.6) is 0 Å². The van der Waals surface area contributed by atoms with Gasteiger partial charge in [0.2, 0.25) is 5.95 Å². The molecule has 0 atom stereocenters. The highest BCUT2D eigenvalue weighted by atomic mass is 35.5. The fourth-order valence-corrected chi connectivity index (χ4v) is 3.76. The summed E-state index contributed by atoms with van der Waals surface area (Å²) < 4.78 is 7.58. The Balaban J connectivity index is 1.63. The van der Waals surface area contributed by atoms with Crippen molar-refractivity contribution in [3.05, 3.63) is 59.4 Å². The first-order chi connectivity index (χ1) is 12.8. The molecule has 1 aliphatic rings. The Morgan fingerprint density at radius 1 is 1.04 bits per heavy atom. The predicted octanol–water partition coefficient (Wildman–Crippen LogP) is 3.44. The van der Waals surface area contributed by atoms with Gasteiger partial charge in [0.15, 0.2) is 5.16 Å². The quantitative estimate of drug-likeness (QED) is 0.493. The third-order valence-corrected chi connectivity index (χ3v) is 5.30. The molecule has 0 amide bonds. The monoisotopic (exact) mass is 387 g/mol. The van der Waals surface area contributed by atoms with Gasteiger partial charge in [0.25, 0.3) is 0 Å². The van der Waals surface area contributed by atoms with E-state index in [1.54, 1.807) is 24.0 Å². The van der Waals surface area contributed by atoms with Gasteiger partial charge in [-0.3, -0.25) is 4.57 Å². The van der Waals surface area contributed by atoms with Crippen LogP contribution >= 0.6 is 23.4 Å². The van der Waals surface area contributed by atoms with Crippen LogP contribution in [0.2, 0.25) is 5.15 Å². The van der Waals surface area contributed by atoms with E-state index in [0.717, 1.165) is 41.2 Å². The van der Waals surface area contributed by atoms with Gasteiger partial charge in [-0.1, -0.05) is 47.6 Å². The normalized spacial score (nSPS) is 14.6. The highest BCUT2D eigenvalue weighted by molar-refractivity contribution is 7.98. The number of halogens is 1. The molecule has 8 heteroatoms. The van der Waals surface area contributed by atoms with E-state index in [0.29, 0.717) is 18.4 Å².